The van der Waals surface area contributed by atoms with Gasteiger partial charge in [0.25, 0.3) is 5.91 Å². The molecule has 0 spiro atoms. The van der Waals surface area contributed by atoms with Crippen LogP contribution in [0.3, 0.4) is 0 Å². The Morgan fingerprint density at radius 3 is 2.59 bits per heavy atom. The number of benzene rings is 4. The smallest absolute Gasteiger partial charge is 0.281 e. The summed E-state index contributed by atoms with van der Waals surface area (Å²) in [4.78, 5) is 12.9. The quantitative estimate of drug-likeness (QED) is 0.149. The van der Waals surface area contributed by atoms with Gasteiger partial charge >= 0.3 is 0 Å². The second kappa shape index (κ2) is 12.7. The van der Waals surface area contributed by atoms with Gasteiger partial charge in [-0.1, -0.05) is 65.3 Å². The molecule has 4 aromatic rings. The van der Waals surface area contributed by atoms with Gasteiger partial charge in [0.15, 0.2) is 6.10 Å². The van der Waals surface area contributed by atoms with Crippen molar-refractivity contribution in [3.8, 4) is 17.2 Å². The number of amides is 1. The lowest BCUT2D eigenvalue weighted by Gasteiger charge is -2.17. The highest BCUT2D eigenvalue weighted by atomic mass is 79.9. The molecule has 0 aromatic heterocycles. The molecule has 4 rings (SSSR count). The van der Waals surface area contributed by atoms with Crippen molar-refractivity contribution in [1.82, 2.24) is 5.43 Å². The number of hydrogen-bond donors (Lipinski definition) is 1. The minimum Gasteiger partial charge on any atom is -0.497 e. The summed E-state index contributed by atoms with van der Waals surface area (Å²) in [5.41, 5.74) is 4.28. The van der Waals surface area contributed by atoms with E-state index < -0.39 is 6.10 Å². The molecule has 1 N–H and O–H groups in total. The number of ether oxygens (including phenoxy) is 3. The molecule has 37 heavy (non-hydrogen) atoms. The first kappa shape index (κ1) is 26.7. The summed E-state index contributed by atoms with van der Waals surface area (Å²) in [6.45, 7) is 2.27. The lowest BCUT2D eigenvalue weighted by molar-refractivity contribution is -0.128. The molecule has 0 aliphatic carbocycles. The van der Waals surface area contributed by atoms with Crippen molar-refractivity contribution >= 4 is 54.8 Å². The number of hydrogen-bond acceptors (Lipinski definition) is 5. The van der Waals surface area contributed by atoms with Crippen LogP contribution < -0.4 is 19.6 Å². The van der Waals surface area contributed by atoms with Gasteiger partial charge in [0.1, 0.15) is 23.9 Å². The maximum atomic E-state index is 12.9. The van der Waals surface area contributed by atoms with Crippen molar-refractivity contribution in [2.45, 2.75) is 26.1 Å². The molecule has 4 aromatic carbocycles. The van der Waals surface area contributed by atoms with E-state index in [0.717, 1.165) is 25.3 Å². The van der Waals surface area contributed by atoms with Crippen molar-refractivity contribution in [1.29, 1.82) is 0 Å². The van der Waals surface area contributed by atoms with Crippen molar-refractivity contribution in [3.05, 3.63) is 98.9 Å². The maximum Gasteiger partial charge on any atom is 0.281 e. The molecule has 0 heterocycles. The zero-order valence-corrected chi connectivity index (χ0v) is 23.6. The van der Waals surface area contributed by atoms with Crippen LogP contribution in [0.5, 0.6) is 17.2 Å². The number of methoxy groups -OCH3 is 1. The number of carbonyl (C=O) groups excluding carboxylic acids is 1. The van der Waals surface area contributed by atoms with Crippen LogP contribution in [-0.4, -0.2) is 25.3 Å². The van der Waals surface area contributed by atoms with Gasteiger partial charge in [-0.25, -0.2) is 5.43 Å². The largest absolute Gasteiger partial charge is 0.497 e. The number of halogens is 2. The topological polar surface area (TPSA) is 69.2 Å². The summed E-state index contributed by atoms with van der Waals surface area (Å²) in [6, 6.07) is 25.1. The lowest BCUT2D eigenvalue weighted by atomic mass is 10.1. The molecule has 0 fully saturated rings. The fourth-order valence-electron chi connectivity index (χ4n) is 3.69. The number of nitrogens with zero attached hydrogens (tertiary/aromatic N) is 1. The molecule has 0 bridgehead atoms. The Morgan fingerprint density at radius 2 is 1.81 bits per heavy atom. The van der Waals surface area contributed by atoms with Gasteiger partial charge in [0.2, 0.25) is 0 Å². The van der Waals surface area contributed by atoms with E-state index in [-0.39, 0.29) is 5.91 Å². The molecule has 1 amide bonds. The molecule has 8 heteroatoms. The minimum absolute atomic E-state index is 0.349. The molecule has 0 aliphatic rings. The average molecular weight is 626 g/mol. The van der Waals surface area contributed by atoms with E-state index in [1.165, 1.54) is 6.21 Å². The fraction of sp³-hybridized carbons (Fsp3) is 0.172. The molecular formula is C29H26Br2N2O4. The summed E-state index contributed by atoms with van der Waals surface area (Å²) < 4.78 is 19.2. The van der Waals surface area contributed by atoms with Crippen LogP contribution in [0.2, 0.25) is 0 Å². The zero-order valence-electron chi connectivity index (χ0n) is 20.4. The number of rotatable bonds is 10. The van der Waals surface area contributed by atoms with Gasteiger partial charge in [0.05, 0.1) is 17.8 Å². The average Bonchev–Trinajstić information content (AvgIpc) is 2.92. The highest BCUT2D eigenvalue weighted by Gasteiger charge is 2.20. The summed E-state index contributed by atoms with van der Waals surface area (Å²) in [6.07, 6.45) is 1.29. The van der Waals surface area contributed by atoms with Crippen LogP contribution in [0.1, 0.15) is 24.5 Å². The van der Waals surface area contributed by atoms with E-state index in [4.69, 9.17) is 14.2 Å². The Morgan fingerprint density at radius 1 is 1.00 bits per heavy atom. The first-order valence-electron chi connectivity index (χ1n) is 11.7. The molecule has 1 unspecified atom stereocenters. The number of carbonyl (C=O) groups is 1. The molecule has 0 aliphatic heterocycles. The number of fused-ring (bicyclic) bond motifs is 1. The Balaban J connectivity index is 1.44. The van der Waals surface area contributed by atoms with Gasteiger partial charge in [-0.15, -0.1) is 0 Å². The standard InChI is InChI=1S/C29H26Br2N2O4/c1-3-25(37-27-13-11-20-8-4-5-10-24(20)28(27)31)29(34)33-32-17-21-16-23(35-2)12-14-26(21)36-18-19-7-6-9-22(30)15-19/h4-17,25H,3,18H2,1-2H3,(H,33,34)/b32-17+. The second-order valence-electron chi connectivity index (χ2n) is 8.17. The van der Waals surface area contributed by atoms with Crippen LogP contribution in [0.4, 0.5) is 0 Å². The predicted molar refractivity (Wildman–Crippen MR) is 154 cm³/mol. The highest BCUT2D eigenvalue weighted by molar-refractivity contribution is 9.11. The van der Waals surface area contributed by atoms with E-state index in [2.05, 4.69) is 42.4 Å². The monoisotopic (exact) mass is 624 g/mol. The SMILES string of the molecule is CCC(Oc1ccc2ccccc2c1Br)C(=O)N/N=C/c1cc(OC)ccc1OCc1cccc(Br)c1. The lowest BCUT2D eigenvalue weighted by Crippen LogP contribution is -2.35. The third kappa shape index (κ3) is 6.90. The fourth-order valence-corrected chi connectivity index (χ4v) is 4.72. The summed E-state index contributed by atoms with van der Waals surface area (Å²) in [7, 11) is 1.59. The molecular weight excluding hydrogens is 600 g/mol. The highest BCUT2D eigenvalue weighted by Crippen LogP contribution is 2.34. The first-order chi connectivity index (χ1) is 18.0. The van der Waals surface area contributed by atoms with E-state index in [1.807, 2.05) is 79.7 Å². The Labute approximate surface area is 232 Å². The van der Waals surface area contributed by atoms with Gasteiger partial charge in [-0.3, -0.25) is 4.79 Å². The van der Waals surface area contributed by atoms with Crippen molar-refractivity contribution in [3.63, 3.8) is 0 Å². The Hall–Kier alpha value is -3.36. The summed E-state index contributed by atoms with van der Waals surface area (Å²) >= 11 is 7.09. The minimum atomic E-state index is -0.716. The normalized spacial score (nSPS) is 11.9. The van der Waals surface area contributed by atoms with Crippen molar-refractivity contribution < 1.29 is 19.0 Å². The number of nitrogens with one attached hydrogen (secondary N) is 1. The molecule has 6 nitrogen and oxygen atoms in total. The third-order valence-electron chi connectivity index (χ3n) is 5.64. The predicted octanol–water partition coefficient (Wildman–Crippen LogP) is 7.26. The zero-order chi connectivity index (χ0) is 26.2. The van der Waals surface area contributed by atoms with Crippen LogP contribution >= 0.6 is 31.9 Å². The van der Waals surface area contributed by atoms with Crippen molar-refractivity contribution in [2.24, 2.45) is 5.10 Å². The summed E-state index contributed by atoms with van der Waals surface area (Å²) in [5.74, 6) is 1.51. The van der Waals surface area contributed by atoms with Crippen LogP contribution in [0.15, 0.2) is 92.9 Å². The molecule has 0 saturated carbocycles. The third-order valence-corrected chi connectivity index (χ3v) is 6.95. The van der Waals surface area contributed by atoms with E-state index in [0.29, 0.717) is 35.8 Å². The van der Waals surface area contributed by atoms with Gasteiger partial charge < -0.3 is 14.2 Å². The molecule has 1 atom stereocenters. The van der Waals surface area contributed by atoms with Gasteiger partial charge in [-0.05, 0) is 75.1 Å². The van der Waals surface area contributed by atoms with Crippen LogP contribution in [0, 0.1) is 0 Å². The van der Waals surface area contributed by atoms with Gasteiger partial charge in [-0.2, -0.15) is 5.10 Å². The molecule has 0 saturated heterocycles. The van der Waals surface area contributed by atoms with E-state index in [1.54, 1.807) is 13.2 Å². The summed E-state index contributed by atoms with van der Waals surface area (Å²) in [5, 5.41) is 6.27. The second-order valence-corrected chi connectivity index (χ2v) is 9.88. The van der Waals surface area contributed by atoms with Crippen LogP contribution in [-0.2, 0) is 11.4 Å². The maximum absolute atomic E-state index is 12.9. The molecule has 0 radical (unpaired) electrons. The first-order valence-corrected chi connectivity index (χ1v) is 13.3. The van der Waals surface area contributed by atoms with Crippen LogP contribution in [0.25, 0.3) is 10.8 Å². The van der Waals surface area contributed by atoms with E-state index >= 15 is 0 Å². The van der Waals surface area contributed by atoms with Gasteiger partial charge in [0, 0.05) is 10.0 Å². The number of hydrazone groups is 1. The Bertz CT molecular complexity index is 1420. The molecule has 190 valence electrons. The van der Waals surface area contributed by atoms with E-state index in [9.17, 15) is 4.79 Å². The Kier molecular flexibility index (Phi) is 9.19. The van der Waals surface area contributed by atoms with Crippen molar-refractivity contribution in [2.75, 3.05) is 7.11 Å².